The van der Waals surface area contributed by atoms with Crippen molar-refractivity contribution in [2.24, 2.45) is 11.7 Å². The van der Waals surface area contributed by atoms with Crippen molar-refractivity contribution in [3.63, 3.8) is 0 Å². The first-order chi connectivity index (χ1) is 8.87. The van der Waals surface area contributed by atoms with Crippen LogP contribution >= 0.6 is 23.4 Å². The van der Waals surface area contributed by atoms with Gasteiger partial charge >= 0.3 is 0 Å². The average molecular weight is 301 g/mol. The Bertz CT molecular complexity index is 422. The molecule has 1 unspecified atom stereocenters. The number of nitrogens with two attached hydrogens (primary N) is 1. The van der Waals surface area contributed by atoms with Crippen molar-refractivity contribution in [3.8, 4) is 0 Å². The van der Waals surface area contributed by atoms with Gasteiger partial charge in [-0.25, -0.2) is 0 Å². The summed E-state index contributed by atoms with van der Waals surface area (Å²) in [7, 11) is 0. The fourth-order valence-corrected chi connectivity index (χ4v) is 2.29. The van der Waals surface area contributed by atoms with Crippen molar-refractivity contribution >= 4 is 29.3 Å². The van der Waals surface area contributed by atoms with Crippen LogP contribution in [0.5, 0.6) is 0 Å². The third kappa shape index (κ3) is 5.05. The van der Waals surface area contributed by atoms with Crippen LogP contribution in [0.2, 0.25) is 5.02 Å². The molecule has 0 heterocycles. The molecule has 5 heteroatoms. The quantitative estimate of drug-likeness (QED) is 0.794. The summed E-state index contributed by atoms with van der Waals surface area (Å²) in [6, 6.07) is 7.45. The molecule has 0 saturated heterocycles. The van der Waals surface area contributed by atoms with Crippen LogP contribution in [0.15, 0.2) is 29.2 Å². The van der Waals surface area contributed by atoms with Gasteiger partial charge in [-0.15, -0.1) is 11.8 Å². The van der Waals surface area contributed by atoms with Gasteiger partial charge in [-0.2, -0.15) is 0 Å². The minimum atomic E-state index is -0.350. The smallest absolute Gasteiger partial charge is 0.230 e. The Labute approximate surface area is 124 Å². The van der Waals surface area contributed by atoms with E-state index in [9.17, 15) is 4.79 Å². The van der Waals surface area contributed by atoms with Crippen LogP contribution in [-0.4, -0.2) is 23.7 Å². The molecule has 1 aromatic carbocycles. The third-order valence-corrected chi connectivity index (χ3v) is 4.57. The fourth-order valence-electron chi connectivity index (χ4n) is 1.47. The maximum Gasteiger partial charge on any atom is 0.230 e. The lowest BCUT2D eigenvalue weighted by Crippen LogP contribution is -2.55. The van der Waals surface area contributed by atoms with Gasteiger partial charge in [0.05, 0.1) is 11.3 Å². The molecule has 3 N–H and O–H groups in total. The van der Waals surface area contributed by atoms with E-state index < -0.39 is 0 Å². The first-order valence-corrected chi connectivity index (χ1v) is 7.63. The Hall–Kier alpha value is -0.710. The zero-order valence-electron chi connectivity index (χ0n) is 11.6. The minimum Gasteiger partial charge on any atom is -0.349 e. The van der Waals surface area contributed by atoms with E-state index in [1.807, 2.05) is 31.2 Å². The highest BCUT2D eigenvalue weighted by Gasteiger charge is 2.28. The van der Waals surface area contributed by atoms with E-state index in [0.717, 1.165) is 4.90 Å². The van der Waals surface area contributed by atoms with Gasteiger partial charge in [0.15, 0.2) is 0 Å². The number of hydrogen-bond acceptors (Lipinski definition) is 3. The largest absolute Gasteiger partial charge is 0.349 e. The maximum atomic E-state index is 11.9. The lowest BCUT2D eigenvalue weighted by atomic mass is 9.88. The monoisotopic (exact) mass is 300 g/mol. The van der Waals surface area contributed by atoms with Crippen molar-refractivity contribution in [2.45, 2.75) is 31.2 Å². The topological polar surface area (TPSA) is 55.1 Å². The third-order valence-electron chi connectivity index (χ3n) is 3.31. The van der Waals surface area contributed by atoms with E-state index >= 15 is 0 Å². The molecule has 1 atom stereocenters. The number of carbonyl (C=O) groups is 1. The van der Waals surface area contributed by atoms with E-state index in [4.69, 9.17) is 17.3 Å². The first-order valence-electron chi connectivity index (χ1n) is 6.27. The fraction of sp³-hybridized carbons (Fsp3) is 0.500. The van der Waals surface area contributed by atoms with Crippen LogP contribution in [0.4, 0.5) is 0 Å². The number of benzene rings is 1. The summed E-state index contributed by atoms with van der Waals surface area (Å²) in [5.41, 5.74) is 5.39. The molecule has 0 bridgehead atoms. The van der Waals surface area contributed by atoms with E-state index in [1.54, 1.807) is 0 Å². The van der Waals surface area contributed by atoms with Gasteiger partial charge in [-0.05, 0) is 37.1 Å². The minimum absolute atomic E-state index is 0.00148. The summed E-state index contributed by atoms with van der Waals surface area (Å²) >= 11 is 7.30. The summed E-state index contributed by atoms with van der Waals surface area (Å²) in [5.74, 6) is 0.674. The highest BCUT2D eigenvalue weighted by atomic mass is 35.5. The highest BCUT2D eigenvalue weighted by Crippen LogP contribution is 2.21. The SMILES string of the molecule is CC(C)C(C)(CN)NC(=O)CSc1ccc(Cl)cc1. The molecule has 0 aliphatic heterocycles. The molecule has 1 amide bonds. The Morgan fingerprint density at radius 3 is 2.47 bits per heavy atom. The van der Waals surface area contributed by atoms with Crippen LogP contribution < -0.4 is 11.1 Å². The van der Waals surface area contributed by atoms with E-state index in [-0.39, 0.29) is 11.4 Å². The van der Waals surface area contributed by atoms with Gasteiger partial charge in [0, 0.05) is 16.5 Å². The van der Waals surface area contributed by atoms with Crippen molar-refractivity contribution in [1.29, 1.82) is 0 Å². The predicted octanol–water partition coefficient (Wildman–Crippen LogP) is 2.92. The molecule has 1 rings (SSSR count). The molecule has 0 spiro atoms. The lowest BCUT2D eigenvalue weighted by Gasteiger charge is -2.33. The molecule has 0 aromatic heterocycles. The molecule has 0 saturated carbocycles. The summed E-state index contributed by atoms with van der Waals surface area (Å²) in [6.07, 6.45) is 0. The number of hydrogen-bond donors (Lipinski definition) is 2. The van der Waals surface area contributed by atoms with Crippen LogP contribution in [0.1, 0.15) is 20.8 Å². The molecule has 19 heavy (non-hydrogen) atoms. The predicted molar refractivity (Wildman–Crippen MR) is 82.6 cm³/mol. The second-order valence-electron chi connectivity index (χ2n) is 5.07. The second kappa shape index (κ2) is 7.17. The summed E-state index contributed by atoms with van der Waals surface area (Å²) in [6.45, 7) is 6.52. The number of halogens is 1. The first kappa shape index (κ1) is 16.3. The summed E-state index contributed by atoms with van der Waals surface area (Å²) in [5, 5.41) is 3.71. The van der Waals surface area contributed by atoms with Crippen molar-refractivity contribution < 1.29 is 4.79 Å². The van der Waals surface area contributed by atoms with Crippen LogP contribution in [0.3, 0.4) is 0 Å². The Morgan fingerprint density at radius 1 is 1.42 bits per heavy atom. The molecule has 0 radical (unpaired) electrons. The molecule has 0 aliphatic carbocycles. The Balaban J connectivity index is 2.50. The van der Waals surface area contributed by atoms with Crippen molar-refractivity contribution in [1.82, 2.24) is 5.32 Å². The summed E-state index contributed by atoms with van der Waals surface area (Å²) < 4.78 is 0. The molecule has 0 fully saturated rings. The van der Waals surface area contributed by atoms with Gasteiger partial charge in [0.25, 0.3) is 0 Å². The van der Waals surface area contributed by atoms with Gasteiger partial charge in [0.1, 0.15) is 0 Å². The molecular weight excluding hydrogens is 280 g/mol. The molecule has 1 aromatic rings. The zero-order chi connectivity index (χ0) is 14.5. The number of amides is 1. The highest BCUT2D eigenvalue weighted by molar-refractivity contribution is 8.00. The van der Waals surface area contributed by atoms with Crippen molar-refractivity contribution in [2.75, 3.05) is 12.3 Å². The Kier molecular flexibility index (Phi) is 6.17. The van der Waals surface area contributed by atoms with Crippen LogP contribution in [-0.2, 0) is 4.79 Å². The standard InChI is InChI=1S/C14H21ClN2OS/c1-10(2)14(3,9-16)17-13(18)8-19-12-6-4-11(15)5-7-12/h4-7,10H,8-9,16H2,1-3H3,(H,17,18). The second-order valence-corrected chi connectivity index (χ2v) is 6.55. The van der Waals surface area contributed by atoms with E-state index in [2.05, 4.69) is 19.2 Å². The molecule has 3 nitrogen and oxygen atoms in total. The van der Waals surface area contributed by atoms with Gasteiger partial charge in [0.2, 0.25) is 5.91 Å². The Morgan fingerprint density at radius 2 is 2.00 bits per heavy atom. The zero-order valence-corrected chi connectivity index (χ0v) is 13.1. The summed E-state index contributed by atoms with van der Waals surface area (Å²) in [4.78, 5) is 13.0. The van der Waals surface area contributed by atoms with E-state index in [1.165, 1.54) is 11.8 Å². The number of nitrogens with one attached hydrogen (secondary N) is 1. The van der Waals surface area contributed by atoms with E-state index in [0.29, 0.717) is 23.2 Å². The van der Waals surface area contributed by atoms with Gasteiger partial charge < -0.3 is 11.1 Å². The van der Waals surface area contributed by atoms with Crippen LogP contribution in [0, 0.1) is 5.92 Å². The van der Waals surface area contributed by atoms with Gasteiger partial charge in [-0.3, -0.25) is 4.79 Å². The number of thioether (sulfide) groups is 1. The normalized spacial score (nSPS) is 14.2. The molecule has 0 aliphatic rings. The number of rotatable bonds is 6. The average Bonchev–Trinajstić information content (AvgIpc) is 2.37. The van der Waals surface area contributed by atoms with Crippen LogP contribution in [0.25, 0.3) is 0 Å². The lowest BCUT2D eigenvalue weighted by molar-refractivity contribution is -0.120. The molecular formula is C14H21ClN2OS. The van der Waals surface area contributed by atoms with Gasteiger partial charge in [-0.1, -0.05) is 25.4 Å². The van der Waals surface area contributed by atoms with Crippen molar-refractivity contribution in [3.05, 3.63) is 29.3 Å². The maximum absolute atomic E-state index is 11.9. The number of carbonyl (C=O) groups excluding carboxylic acids is 1. The molecule has 106 valence electrons.